The molecular weight excluding hydrogens is 334 g/mol. The van der Waals surface area contributed by atoms with Crippen molar-refractivity contribution >= 4 is 36.3 Å². The number of hydrogen-bond acceptors (Lipinski definition) is 5. The Balaban J connectivity index is 0. The van der Waals surface area contributed by atoms with E-state index in [1.165, 1.54) is 0 Å². The van der Waals surface area contributed by atoms with Crippen LogP contribution in [0.4, 0.5) is 0 Å². The number of aliphatic carboxylic acids is 2. The van der Waals surface area contributed by atoms with Gasteiger partial charge in [-0.05, 0) is 46.3 Å². The number of hydrogen-bond donors (Lipinski definition) is 4. The summed E-state index contributed by atoms with van der Waals surface area (Å²) in [5.41, 5.74) is 5.22. The smallest absolute Gasteiger partial charge is 0.321 e. The molecule has 0 amide bonds. The fourth-order valence-corrected chi connectivity index (χ4v) is 2.59. The highest BCUT2D eigenvalue weighted by atomic mass is 32.2. The maximum absolute atomic E-state index is 10.8. The molecule has 23 heavy (non-hydrogen) atoms. The van der Waals surface area contributed by atoms with Gasteiger partial charge < -0.3 is 15.9 Å². The fourth-order valence-electron chi connectivity index (χ4n) is 1.29. The summed E-state index contributed by atoms with van der Waals surface area (Å²) in [5, 5.41) is 17.2. The van der Waals surface area contributed by atoms with Gasteiger partial charge in [-0.1, -0.05) is 13.0 Å². The molecule has 0 aliphatic carbocycles. The summed E-state index contributed by atoms with van der Waals surface area (Å²) in [6.45, 7) is 12.7. The number of thiol groups is 1. The molecule has 5 nitrogen and oxygen atoms in total. The second-order valence-corrected chi connectivity index (χ2v) is 9.31. The number of carboxylic acids is 2. The average Bonchev–Trinajstić information content (AvgIpc) is 2.41. The topological polar surface area (TPSA) is 101 Å². The Kier molecular flexibility index (Phi) is 11.8. The lowest BCUT2D eigenvalue weighted by atomic mass is 9.97. The van der Waals surface area contributed by atoms with E-state index in [-0.39, 0.29) is 10.7 Å². The second-order valence-electron chi connectivity index (χ2n) is 6.41. The molecule has 0 aromatic heterocycles. The normalized spacial score (nSPS) is 14.2. The zero-order valence-electron chi connectivity index (χ0n) is 14.7. The van der Waals surface area contributed by atoms with Crippen LogP contribution < -0.4 is 5.73 Å². The van der Waals surface area contributed by atoms with Crippen molar-refractivity contribution in [3.05, 3.63) is 12.7 Å². The lowest BCUT2D eigenvalue weighted by molar-refractivity contribution is -0.142. The zero-order chi connectivity index (χ0) is 18.8. The third kappa shape index (κ3) is 11.5. The highest BCUT2D eigenvalue weighted by molar-refractivity contribution is 8.00. The minimum Gasteiger partial charge on any atom is -0.481 e. The first-order valence-electron chi connectivity index (χ1n) is 7.45. The van der Waals surface area contributed by atoms with Crippen LogP contribution in [0.2, 0.25) is 0 Å². The van der Waals surface area contributed by atoms with Gasteiger partial charge in [0.15, 0.2) is 0 Å². The Hall–Kier alpha value is -0.660. The van der Waals surface area contributed by atoms with E-state index in [1.807, 2.05) is 19.9 Å². The highest BCUT2D eigenvalue weighted by Crippen LogP contribution is 2.33. The summed E-state index contributed by atoms with van der Waals surface area (Å²) in [4.78, 5) is 21.0. The van der Waals surface area contributed by atoms with Crippen molar-refractivity contribution in [2.75, 3.05) is 5.75 Å². The third-order valence-corrected chi connectivity index (χ3v) is 5.34. The predicted molar refractivity (Wildman–Crippen MR) is 101 cm³/mol. The summed E-state index contributed by atoms with van der Waals surface area (Å²) in [6.07, 6.45) is 3.97. The molecule has 0 aromatic rings. The van der Waals surface area contributed by atoms with Crippen molar-refractivity contribution in [2.24, 2.45) is 11.7 Å². The van der Waals surface area contributed by atoms with Crippen molar-refractivity contribution in [2.45, 2.75) is 63.0 Å². The van der Waals surface area contributed by atoms with E-state index in [2.05, 4.69) is 19.2 Å². The van der Waals surface area contributed by atoms with Gasteiger partial charge in [0.1, 0.15) is 6.04 Å². The molecular formula is C16H31NO4S2. The molecule has 0 heterocycles. The Morgan fingerprint density at radius 1 is 1.26 bits per heavy atom. The molecule has 7 heteroatoms. The molecule has 136 valence electrons. The van der Waals surface area contributed by atoms with E-state index in [1.54, 1.807) is 32.5 Å². The van der Waals surface area contributed by atoms with Crippen LogP contribution in [0.3, 0.4) is 0 Å². The Labute approximate surface area is 149 Å². The first-order chi connectivity index (χ1) is 10.3. The molecule has 0 aliphatic heterocycles. The number of nitrogens with two attached hydrogens (primary N) is 1. The number of rotatable bonds is 9. The molecule has 0 fully saturated rings. The molecule has 2 unspecified atom stereocenters. The summed E-state index contributed by atoms with van der Waals surface area (Å²) in [7, 11) is 0. The van der Waals surface area contributed by atoms with E-state index in [0.717, 1.165) is 18.6 Å². The molecule has 4 N–H and O–H groups in total. The van der Waals surface area contributed by atoms with Crippen LogP contribution in [-0.2, 0) is 9.59 Å². The molecule has 0 radical (unpaired) electrons. The minimum absolute atomic E-state index is 0.187. The Morgan fingerprint density at radius 2 is 1.74 bits per heavy atom. The molecule has 2 atom stereocenters. The Bertz CT molecular complexity index is 392. The summed E-state index contributed by atoms with van der Waals surface area (Å²) in [5.74, 6) is -1.05. The van der Waals surface area contributed by atoms with E-state index in [9.17, 15) is 9.59 Å². The van der Waals surface area contributed by atoms with Crippen LogP contribution in [0, 0.1) is 5.92 Å². The molecule has 0 bridgehead atoms. The molecule has 0 rings (SSSR count). The molecule has 0 spiro atoms. The van der Waals surface area contributed by atoms with Crippen molar-refractivity contribution in [3.63, 3.8) is 0 Å². The van der Waals surface area contributed by atoms with E-state index >= 15 is 0 Å². The van der Waals surface area contributed by atoms with Crippen molar-refractivity contribution in [1.29, 1.82) is 0 Å². The maximum atomic E-state index is 10.8. The SMILES string of the molecule is C=CCCCSC(C)(C)C(C)C(=O)O.CC(C)(S)C(N)C(=O)O. The second kappa shape index (κ2) is 11.0. The largest absolute Gasteiger partial charge is 0.481 e. The molecule has 0 aliphatic rings. The van der Waals surface area contributed by atoms with Gasteiger partial charge in [-0.3, -0.25) is 9.59 Å². The van der Waals surface area contributed by atoms with E-state index in [0.29, 0.717) is 0 Å². The standard InChI is InChI=1S/C11H20O2S.C5H11NO2S/c1-5-6-7-8-14-11(3,4)9(2)10(12)13;1-5(2,9)3(6)4(7)8/h5,9H,1,6-8H2,2-4H3,(H,12,13);3,9H,6H2,1-2H3,(H,7,8). The fraction of sp³-hybridized carbons (Fsp3) is 0.750. The van der Waals surface area contributed by atoms with Crippen LogP contribution in [0.15, 0.2) is 12.7 Å². The lowest BCUT2D eigenvalue weighted by Crippen LogP contribution is -2.45. The Morgan fingerprint density at radius 3 is 2.00 bits per heavy atom. The summed E-state index contributed by atoms with van der Waals surface area (Å²) in [6, 6.07) is -0.902. The first kappa shape index (κ1) is 24.6. The van der Waals surface area contributed by atoms with Crippen LogP contribution in [-0.4, -0.2) is 43.4 Å². The van der Waals surface area contributed by atoms with E-state index < -0.39 is 22.7 Å². The number of unbranched alkanes of at least 4 members (excludes halogenated alkanes) is 1. The van der Waals surface area contributed by atoms with Crippen LogP contribution in [0.25, 0.3) is 0 Å². The van der Waals surface area contributed by atoms with Crippen molar-refractivity contribution in [1.82, 2.24) is 0 Å². The number of thioether (sulfide) groups is 1. The third-order valence-electron chi connectivity index (χ3n) is 3.47. The van der Waals surface area contributed by atoms with E-state index in [4.69, 9.17) is 15.9 Å². The van der Waals surface area contributed by atoms with Crippen molar-refractivity contribution in [3.8, 4) is 0 Å². The van der Waals surface area contributed by atoms with Gasteiger partial charge in [-0.2, -0.15) is 24.4 Å². The van der Waals surface area contributed by atoms with Crippen LogP contribution in [0.5, 0.6) is 0 Å². The monoisotopic (exact) mass is 365 g/mol. The van der Waals surface area contributed by atoms with Gasteiger partial charge >= 0.3 is 11.9 Å². The highest BCUT2D eigenvalue weighted by Gasteiger charge is 2.31. The quantitative estimate of drug-likeness (QED) is 0.284. The van der Waals surface area contributed by atoms with Crippen LogP contribution >= 0.6 is 24.4 Å². The van der Waals surface area contributed by atoms with Gasteiger partial charge in [0.25, 0.3) is 0 Å². The lowest BCUT2D eigenvalue weighted by Gasteiger charge is -2.28. The van der Waals surface area contributed by atoms with Gasteiger partial charge in [0.05, 0.1) is 5.92 Å². The molecule has 0 saturated carbocycles. The van der Waals surface area contributed by atoms with Crippen LogP contribution in [0.1, 0.15) is 47.5 Å². The minimum atomic E-state index is -1.02. The summed E-state index contributed by atoms with van der Waals surface area (Å²) >= 11 is 5.71. The van der Waals surface area contributed by atoms with Gasteiger partial charge in [0.2, 0.25) is 0 Å². The molecule has 0 saturated heterocycles. The van der Waals surface area contributed by atoms with Crippen molar-refractivity contribution < 1.29 is 19.8 Å². The number of carboxylic acid groups (broad SMARTS) is 2. The van der Waals surface area contributed by atoms with Gasteiger partial charge in [0, 0.05) is 9.49 Å². The number of carbonyl (C=O) groups is 2. The zero-order valence-corrected chi connectivity index (χ0v) is 16.4. The van der Waals surface area contributed by atoms with Gasteiger partial charge in [-0.15, -0.1) is 6.58 Å². The first-order valence-corrected chi connectivity index (χ1v) is 8.89. The average molecular weight is 366 g/mol. The summed E-state index contributed by atoms with van der Waals surface area (Å²) < 4.78 is -0.834. The predicted octanol–water partition coefficient (Wildman–Crippen LogP) is 3.29. The maximum Gasteiger partial charge on any atom is 0.321 e. The molecule has 0 aromatic carbocycles. The number of allylic oxidation sites excluding steroid dienone is 1. The van der Waals surface area contributed by atoms with Gasteiger partial charge in [-0.25, -0.2) is 0 Å².